The number of rotatable bonds is 5. The number of carbonyl (C=O) groups excluding carboxylic acids is 1. The highest BCUT2D eigenvalue weighted by molar-refractivity contribution is 5.79. The van der Waals surface area contributed by atoms with Gasteiger partial charge in [-0.2, -0.15) is 0 Å². The Morgan fingerprint density at radius 1 is 1.57 bits per heavy atom. The molecule has 2 atom stereocenters. The third-order valence-corrected chi connectivity index (χ3v) is 2.83. The second-order valence-corrected chi connectivity index (χ2v) is 4.48. The van der Waals surface area contributed by atoms with Crippen LogP contribution in [0.1, 0.15) is 52.4 Å². The number of ether oxygens (including phenoxy) is 1. The lowest BCUT2D eigenvalue weighted by atomic mass is 9.96. The van der Waals surface area contributed by atoms with Crippen LogP contribution in [-0.2, 0) is 9.53 Å². The average Bonchev–Trinajstić information content (AvgIpc) is 2.15. The van der Waals surface area contributed by atoms with Gasteiger partial charge in [0.2, 0.25) is 0 Å². The lowest BCUT2D eigenvalue weighted by molar-refractivity contribution is -0.124. The van der Waals surface area contributed by atoms with Gasteiger partial charge in [-0.1, -0.05) is 20.3 Å². The summed E-state index contributed by atoms with van der Waals surface area (Å²) in [5, 5.41) is 0. The molecule has 1 aliphatic carbocycles. The molecule has 0 heterocycles. The maximum atomic E-state index is 11.2. The monoisotopic (exact) mass is 198 g/mol. The van der Waals surface area contributed by atoms with E-state index in [-0.39, 0.29) is 6.10 Å². The van der Waals surface area contributed by atoms with E-state index in [2.05, 4.69) is 13.8 Å². The molecule has 2 unspecified atom stereocenters. The van der Waals surface area contributed by atoms with Gasteiger partial charge in [0.15, 0.2) is 0 Å². The molecule has 82 valence electrons. The van der Waals surface area contributed by atoms with Crippen molar-refractivity contribution in [1.82, 2.24) is 0 Å². The minimum absolute atomic E-state index is 0.218. The summed E-state index contributed by atoms with van der Waals surface area (Å²) in [5.74, 6) is 1.02. The topological polar surface area (TPSA) is 26.3 Å². The van der Waals surface area contributed by atoms with E-state index >= 15 is 0 Å². The predicted octanol–water partition coefficient (Wildman–Crippen LogP) is 2.95. The van der Waals surface area contributed by atoms with Crippen LogP contribution in [0.2, 0.25) is 0 Å². The van der Waals surface area contributed by atoms with E-state index in [0.29, 0.717) is 18.1 Å². The van der Waals surface area contributed by atoms with Crippen molar-refractivity contribution in [3.8, 4) is 0 Å². The van der Waals surface area contributed by atoms with Crippen LogP contribution >= 0.6 is 0 Å². The molecule has 1 fully saturated rings. The fraction of sp³-hybridized carbons (Fsp3) is 0.917. The molecule has 0 aliphatic heterocycles. The normalized spacial score (nSPS) is 25.0. The van der Waals surface area contributed by atoms with Crippen molar-refractivity contribution in [1.29, 1.82) is 0 Å². The van der Waals surface area contributed by atoms with E-state index in [1.807, 2.05) is 0 Å². The van der Waals surface area contributed by atoms with Gasteiger partial charge in [-0.15, -0.1) is 0 Å². The molecule has 0 aromatic heterocycles. The number of carbonyl (C=O) groups is 1. The largest absolute Gasteiger partial charge is 0.377 e. The van der Waals surface area contributed by atoms with E-state index in [9.17, 15) is 4.79 Å². The van der Waals surface area contributed by atoms with Crippen molar-refractivity contribution >= 4 is 5.78 Å². The molecular weight excluding hydrogens is 176 g/mol. The van der Waals surface area contributed by atoms with Gasteiger partial charge in [-0.25, -0.2) is 0 Å². The maximum Gasteiger partial charge on any atom is 0.135 e. The van der Waals surface area contributed by atoms with Gasteiger partial charge in [-0.05, 0) is 25.2 Å². The van der Waals surface area contributed by atoms with E-state index in [1.54, 1.807) is 0 Å². The Kier molecular flexibility index (Phi) is 5.16. The fourth-order valence-corrected chi connectivity index (χ4v) is 2.00. The highest BCUT2D eigenvalue weighted by Crippen LogP contribution is 2.19. The van der Waals surface area contributed by atoms with Crippen LogP contribution in [0.3, 0.4) is 0 Å². The molecule has 2 heteroatoms. The lowest BCUT2D eigenvalue weighted by Crippen LogP contribution is -2.24. The first kappa shape index (κ1) is 11.7. The number of hydrogen-bond donors (Lipinski definition) is 0. The van der Waals surface area contributed by atoms with Crippen LogP contribution in [0.5, 0.6) is 0 Å². The lowest BCUT2D eigenvalue weighted by Gasteiger charge is -2.23. The van der Waals surface area contributed by atoms with E-state index in [0.717, 1.165) is 25.9 Å². The van der Waals surface area contributed by atoms with Crippen LogP contribution in [-0.4, -0.2) is 18.5 Å². The van der Waals surface area contributed by atoms with Crippen molar-refractivity contribution in [3.63, 3.8) is 0 Å². The summed E-state index contributed by atoms with van der Waals surface area (Å²) in [6, 6.07) is 0. The summed E-state index contributed by atoms with van der Waals surface area (Å²) in [6.45, 7) is 5.24. The molecular formula is C12H22O2. The van der Waals surface area contributed by atoms with Crippen molar-refractivity contribution in [3.05, 3.63) is 0 Å². The molecule has 0 amide bonds. The zero-order valence-corrected chi connectivity index (χ0v) is 9.42. The van der Waals surface area contributed by atoms with Gasteiger partial charge in [0.25, 0.3) is 0 Å². The Balaban J connectivity index is 2.13. The zero-order valence-electron chi connectivity index (χ0n) is 9.42. The molecule has 0 N–H and O–H groups in total. The summed E-state index contributed by atoms with van der Waals surface area (Å²) in [5.41, 5.74) is 0. The van der Waals surface area contributed by atoms with Crippen molar-refractivity contribution < 1.29 is 9.53 Å². The van der Waals surface area contributed by atoms with Gasteiger partial charge < -0.3 is 4.74 Å². The zero-order chi connectivity index (χ0) is 10.4. The first-order valence-electron chi connectivity index (χ1n) is 5.85. The summed E-state index contributed by atoms with van der Waals surface area (Å²) in [6.07, 6.45) is 6.17. The molecule has 1 saturated carbocycles. The molecule has 14 heavy (non-hydrogen) atoms. The summed E-state index contributed by atoms with van der Waals surface area (Å²) in [4.78, 5) is 11.2. The van der Waals surface area contributed by atoms with Crippen LogP contribution in [0.15, 0.2) is 0 Å². The molecule has 0 spiro atoms. The Morgan fingerprint density at radius 2 is 2.36 bits per heavy atom. The SMILES string of the molecule is CCCC(C)COC1CCCC(=O)C1. The molecule has 1 rings (SSSR count). The highest BCUT2D eigenvalue weighted by atomic mass is 16.5. The predicted molar refractivity (Wildman–Crippen MR) is 57.3 cm³/mol. The van der Waals surface area contributed by atoms with Crippen LogP contribution in [0.4, 0.5) is 0 Å². The summed E-state index contributed by atoms with van der Waals surface area (Å²) >= 11 is 0. The van der Waals surface area contributed by atoms with Gasteiger partial charge in [0.1, 0.15) is 5.78 Å². The first-order chi connectivity index (χ1) is 6.72. The fourth-order valence-electron chi connectivity index (χ4n) is 2.00. The Bertz CT molecular complexity index is 177. The molecule has 0 aromatic carbocycles. The van der Waals surface area contributed by atoms with Crippen molar-refractivity contribution in [2.75, 3.05) is 6.61 Å². The van der Waals surface area contributed by atoms with Crippen molar-refractivity contribution in [2.24, 2.45) is 5.92 Å². The minimum Gasteiger partial charge on any atom is -0.377 e. The molecule has 0 aromatic rings. The number of ketones is 1. The highest BCUT2D eigenvalue weighted by Gasteiger charge is 2.20. The van der Waals surface area contributed by atoms with E-state index < -0.39 is 0 Å². The Morgan fingerprint density at radius 3 is 3.00 bits per heavy atom. The van der Waals surface area contributed by atoms with Gasteiger partial charge >= 0.3 is 0 Å². The summed E-state index contributed by atoms with van der Waals surface area (Å²) in [7, 11) is 0. The van der Waals surface area contributed by atoms with E-state index in [1.165, 1.54) is 12.8 Å². The van der Waals surface area contributed by atoms with Crippen LogP contribution in [0, 0.1) is 5.92 Å². The third-order valence-electron chi connectivity index (χ3n) is 2.83. The standard InChI is InChI=1S/C12H22O2/c1-3-5-10(2)9-14-12-7-4-6-11(13)8-12/h10,12H,3-9H2,1-2H3. The van der Waals surface area contributed by atoms with Crippen LogP contribution in [0.25, 0.3) is 0 Å². The second-order valence-electron chi connectivity index (χ2n) is 4.48. The third kappa shape index (κ3) is 4.23. The quantitative estimate of drug-likeness (QED) is 0.679. The Hall–Kier alpha value is -0.370. The van der Waals surface area contributed by atoms with Crippen LogP contribution < -0.4 is 0 Å². The molecule has 0 radical (unpaired) electrons. The Labute approximate surface area is 87.0 Å². The van der Waals surface area contributed by atoms with Gasteiger partial charge in [0.05, 0.1) is 6.10 Å². The number of hydrogen-bond acceptors (Lipinski definition) is 2. The van der Waals surface area contributed by atoms with Crippen molar-refractivity contribution in [2.45, 2.75) is 58.5 Å². The van der Waals surface area contributed by atoms with Gasteiger partial charge in [0, 0.05) is 19.4 Å². The number of Topliss-reactive ketones (excluding diaryl/α,β-unsaturated/α-hetero) is 1. The molecule has 1 aliphatic rings. The minimum atomic E-state index is 0.218. The smallest absolute Gasteiger partial charge is 0.135 e. The summed E-state index contributed by atoms with van der Waals surface area (Å²) < 4.78 is 5.75. The molecule has 0 saturated heterocycles. The molecule has 0 bridgehead atoms. The maximum absolute atomic E-state index is 11.2. The van der Waals surface area contributed by atoms with Gasteiger partial charge in [-0.3, -0.25) is 4.79 Å². The molecule has 2 nitrogen and oxygen atoms in total. The second kappa shape index (κ2) is 6.18. The average molecular weight is 198 g/mol. The first-order valence-corrected chi connectivity index (χ1v) is 5.85. The van der Waals surface area contributed by atoms with E-state index in [4.69, 9.17) is 4.74 Å².